The van der Waals surface area contributed by atoms with Gasteiger partial charge in [-0.3, -0.25) is 4.79 Å². The smallest absolute Gasteiger partial charge is 0.272 e. The van der Waals surface area contributed by atoms with E-state index in [4.69, 9.17) is 0 Å². The molecule has 0 fully saturated rings. The van der Waals surface area contributed by atoms with E-state index >= 15 is 0 Å². The van der Waals surface area contributed by atoms with Crippen LogP contribution >= 0.6 is 0 Å². The van der Waals surface area contributed by atoms with Crippen molar-refractivity contribution in [2.24, 2.45) is 0 Å². The molecule has 1 atom stereocenters. The average molecular weight is 284 g/mol. The van der Waals surface area contributed by atoms with Gasteiger partial charge in [0, 0.05) is 6.54 Å². The summed E-state index contributed by atoms with van der Waals surface area (Å²) in [6.45, 7) is 4.86. The van der Waals surface area contributed by atoms with Crippen LogP contribution in [-0.4, -0.2) is 22.6 Å². The fourth-order valence-corrected chi connectivity index (χ4v) is 1.90. The first-order chi connectivity index (χ1) is 10.2. The highest BCUT2D eigenvalue weighted by molar-refractivity contribution is 5.92. The summed E-state index contributed by atoms with van der Waals surface area (Å²) >= 11 is 0. The van der Waals surface area contributed by atoms with E-state index in [9.17, 15) is 4.79 Å². The summed E-state index contributed by atoms with van der Waals surface area (Å²) in [4.78, 5) is 12.1. The normalized spacial score (nSPS) is 11.7. The van der Waals surface area contributed by atoms with Crippen LogP contribution in [-0.2, 0) is 0 Å². The highest BCUT2D eigenvalue weighted by atomic mass is 16.2. The Kier molecular flexibility index (Phi) is 5.26. The Morgan fingerprint density at radius 1 is 1.14 bits per heavy atom. The Hall–Kier alpha value is -2.43. The number of hydrogen-bond donors (Lipinski definition) is 2. The first kappa shape index (κ1) is 15.0. The van der Waals surface area contributed by atoms with Crippen molar-refractivity contribution in [3.05, 3.63) is 53.7 Å². The fourth-order valence-electron chi connectivity index (χ4n) is 1.90. The number of anilines is 1. The summed E-state index contributed by atoms with van der Waals surface area (Å²) in [5.74, 6) is 0.463. The zero-order chi connectivity index (χ0) is 15.1. The molecule has 1 aromatic carbocycles. The topological polar surface area (TPSA) is 66.9 Å². The number of carbonyl (C=O) groups is 1. The monoisotopic (exact) mass is 284 g/mol. The van der Waals surface area contributed by atoms with Crippen molar-refractivity contribution >= 4 is 11.7 Å². The molecule has 2 aromatic rings. The van der Waals surface area contributed by atoms with Crippen LogP contribution in [0.5, 0.6) is 0 Å². The average Bonchev–Trinajstić information content (AvgIpc) is 2.54. The minimum absolute atomic E-state index is 0.0709. The third-order valence-electron chi connectivity index (χ3n) is 3.10. The van der Waals surface area contributed by atoms with E-state index in [1.165, 1.54) is 0 Å². The zero-order valence-electron chi connectivity index (χ0n) is 12.3. The minimum Gasteiger partial charge on any atom is -0.369 e. The number of nitrogens with zero attached hydrogens (tertiary/aromatic N) is 2. The molecule has 0 spiro atoms. The van der Waals surface area contributed by atoms with Gasteiger partial charge in [-0.2, -0.15) is 0 Å². The molecule has 2 N–H and O–H groups in total. The summed E-state index contributed by atoms with van der Waals surface area (Å²) in [5, 5.41) is 14.0. The van der Waals surface area contributed by atoms with E-state index in [1.54, 1.807) is 12.1 Å². The second kappa shape index (κ2) is 7.38. The summed E-state index contributed by atoms with van der Waals surface area (Å²) < 4.78 is 0. The third-order valence-corrected chi connectivity index (χ3v) is 3.10. The summed E-state index contributed by atoms with van der Waals surface area (Å²) in [6, 6.07) is 13.2. The van der Waals surface area contributed by atoms with E-state index in [0.29, 0.717) is 11.5 Å². The van der Waals surface area contributed by atoms with E-state index < -0.39 is 0 Å². The minimum atomic E-state index is -0.221. The number of hydrogen-bond acceptors (Lipinski definition) is 4. The zero-order valence-corrected chi connectivity index (χ0v) is 12.3. The lowest BCUT2D eigenvalue weighted by Gasteiger charge is -2.13. The highest BCUT2D eigenvalue weighted by Crippen LogP contribution is 2.12. The van der Waals surface area contributed by atoms with Crippen molar-refractivity contribution < 1.29 is 4.79 Å². The van der Waals surface area contributed by atoms with E-state index in [-0.39, 0.29) is 11.9 Å². The molecular formula is C16H20N4O. The van der Waals surface area contributed by atoms with Gasteiger partial charge in [0.15, 0.2) is 5.69 Å². The van der Waals surface area contributed by atoms with Gasteiger partial charge < -0.3 is 10.6 Å². The molecule has 1 heterocycles. The van der Waals surface area contributed by atoms with Crippen LogP contribution in [0.1, 0.15) is 42.4 Å². The van der Waals surface area contributed by atoms with Gasteiger partial charge in [0.05, 0.1) is 6.04 Å². The van der Waals surface area contributed by atoms with Crippen molar-refractivity contribution in [3.63, 3.8) is 0 Å². The molecule has 2 rings (SSSR count). The first-order valence-corrected chi connectivity index (χ1v) is 7.14. The molecule has 21 heavy (non-hydrogen) atoms. The van der Waals surface area contributed by atoms with Crippen LogP contribution in [0.15, 0.2) is 42.5 Å². The molecule has 0 bridgehead atoms. The van der Waals surface area contributed by atoms with Crippen LogP contribution in [0, 0.1) is 0 Å². The van der Waals surface area contributed by atoms with Gasteiger partial charge >= 0.3 is 0 Å². The Balaban J connectivity index is 1.97. The molecule has 5 nitrogen and oxygen atoms in total. The molecule has 0 radical (unpaired) electrons. The van der Waals surface area contributed by atoms with Gasteiger partial charge in [-0.1, -0.05) is 37.3 Å². The summed E-state index contributed by atoms with van der Waals surface area (Å²) in [6.07, 6.45) is 1.01. The van der Waals surface area contributed by atoms with Gasteiger partial charge in [-0.05, 0) is 31.0 Å². The number of aromatic nitrogens is 2. The Morgan fingerprint density at radius 3 is 2.52 bits per heavy atom. The summed E-state index contributed by atoms with van der Waals surface area (Å²) in [7, 11) is 0. The molecular weight excluding hydrogens is 264 g/mol. The van der Waals surface area contributed by atoms with Crippen LogP contribution < -0.4 is 10.6 Å². The predicted octanol–water partition coefficient (Wildman–Crippen LogP) is 2.79. The maximum absolute atomic E-state index is 12.1. The van der Waals surface area contributed by atoms with Gasteiger partial charge in [0.1, 0.15) is 5.82 Å². The number of benzene rings is 1. The standard InChI is InChI=1S/C16H20N4O/c1-3-11-17-15-10-9-14(19-20-15)16(21)18-12(2)13-7-5-4-6-8-13/h4-10,12H,3,11H2,1-2H3,(H,17,20)(H,18,21). The number of rotatable bonds is 6. The molecule has 0 saturated heterocycles. The molecule has 0 aliphatic heterocycles. The number of nitrogens with one attached hydrogen (secondary N) is 2. The molecule has 1 unspecified atom stereocenters. The third kappa shape index (κ3) is 4.27. The van der Waals surface area contributed by atoms with Gasteiger partial charge in [-0.15, -0.1) is 10.2 Å². The maximum atomic E-state index is 12.1. The van der Waals surface area contributed by atoms with Crippen LogP contribution in [0.3, 0.4) is 0 Å². The van der Waals surface area contributed by atoms with Crippen LogP contribution in [0.4, 0.5) is 5.82 Å². The number of amides is 1. The number of carbonyl (C=O) groups excluding carboxylic acids is 1. The molecule has 1 aromatic heterocycles. The molecule has 0 saturated carbocycles. The SMILES string of the molecule is CCCNc1ccc(C(=O)NC(C)c2ccccc2)nn1. The lowest BCUT2D eigenvalue weighted by atomic mass is 10.1. The van der Waals surface area contributed by atoms with Crippen LogP contribution in [0.2, 0.25) is 0 Å². The molecule has 1 amide bonds. The van der Waals surface area contributed by atoms with Crippen molar-refractivity contribution in [1.29, 1.82) is 0 Å². The van der Waals surface area contributed by atoms with E-state index in [1.807, 2.05) is 37.3 Å². The molecule has 0 aliphatic rings. The van der Waals surface area contributed by atoms with Gasteiger partial charge in [0.25, 0.3) is 5.91 Å². The molecule has 0 aliphatic carbocycles. The maximum Gasteiger partial charge on any atom is 0.272 e. The molecule has 110 valence electrons. The first-order valence-electron chi connectivity index (χ1n) is 7.14. The molecule has 5 heteroatoms. The van der Waals surface area contributed by atoms with Crippen molar-refractivity contribution in [2.75, 3.05) is 11.9 Å². The van der Waals surface area contributed by atoms with Crippen molar-refractivity contribution in [3.8, 4) is 0 Å². The van der Waals surface area contributed by atoms with E-state index in [0.717, 1.165) is 18.5 Å². The second-order valence-electron chi connectivity index (χ2n) is 4.84. The quantitative estimate of drug-likeness (QED) is 0.856. The lowest BCUT2D eigenvalue weighted by Crippen LogP contribution is -2.27. The Labute approximate surface area is 124 Å². The van der Waals surface area contributed by atoms with E-state index in [2.05, 4.69) is 27.8 Å². The summed E-state index contributed by atoms with van der Waals surface area (Å²) in [5.41, 5.74) is 1.37. The largest absolute Gasteiger partial charge is 0.369 e. The fraction of sp³-hybridized carbons (Fsp3) is 0.312. The van der Waals surface area contributed by atoms with Gasteiger partial charge in [-0.25, -0.2) is 0 Å². The lowest BCUT2D eigenvalue weighted by molar-refractivity contribution is 0.0934. The van der Waals surface area contributed by atoms with Gasteiger partial charge in [0.2, 0.25) is 0 Å². The van der Waals surface area contributed by atoms with Crippen LogP contribution in [0.25, 0.3) is 0 Å². The highest BCUT2D eigenvalue weighted by Gasteiger charge is 2.12. The Morgan fingerprint density at radius 2 is 1.90 bits per heavy atom. The Bertz CT molecular complexity index is 569. The predicted molar refractivity (Wildman–Crippen MR) is 83.1 cm³/mol. The van der Waals surface area contributed by atoms with Crippen molar-refractivity contribution in [1.82, 2.24) is 15.5 Å². The van der Waals surface area contributed by atoms with Crippen molar-refractivity contribution in [2.45, 2.75) is 26.3 Å². The second-order valence-corrected chi connectivity index (χ2v) is 4.84.